The summed E-state index contributed by atoms with van der Waals surface area (Å²) in [7, 11) is 0. The van der Waals surface area contributed by atoms with Crippen molar-refractivity contribution in [3.63, 3.8) is 0 Å². The predicted octanol–water partition coefficient (Wildman–Crippen LogP) is 4.21. The molecule has 178 valence electrons. The second-order valence-electron chi connectivity index (χ2n) is 8.32. The van der Waals surface area contributed by atoms with Gasteiger partial charge in [0.25, 0.3) is 5.91 Å². The van der Waals surface area contributed by atoms with Crippen LogP contribution in [0.15, 0.2) is 54.7 Å². The van der Waals surface area contributed by atoms with E-state index in [2.05, 4.69) is 29.2 Å². The number of carboxylic acids is 1. The van der Waals surface area contributed by atoms with Crippen molar-refractivity contribution in [3.8, 4) is 0 Å². The van der Waals surface area contributed by atoms with Gasteiger partial charge in [-0.05, 0) is 49.3 Å². The first-order valence-electron chi connectivity index (χ1n) is 10.9. The van der Waals surface area contributed by atoms with Gasteiger partial charge in [-0.3, -0.25) is 9.78 Å². The van der Waals surface area contributed by atoms with Gasteiger partial charge in [-0.15, -0.1) is 0 Å². The molecule has 1 aromatic carbocycles. The van der Waals surface area contributed by atoms with Gasteiger partial charge in [-0.25, -0.2) is 4.79 Å². The Morgan fingerprint density at radius 2 is 1.73 bits per heavy atom. The fraction of sp³-hybridized carbons (Fsp3) is 0.458. The summed E-state index contributed by atoms with van der Waals surface area (Å²) in [5, 5.41) is 7.12. The number of carboxylic acid groups (broad SMARTS) is 1. The molecule has 2 aromatic rings. The van der Waals surface area contributed by atoms with Crippen LogP contribution in [0, 0.1) is 11.8 Å². The van der Waals surface area contributed by atoms with Crippen LogP contribution in [-0.4, -0.2) is 58.8 Å². The number of pyridine rings is 1. The fourth-order valence-corrected chi connectivity index (χ4v) is 3.72. The van der Waals surface area contributed by atoms with Crippen LogP contribution >= 0.6 is 0 Å². The van der Waals surface area contributed by atoms with Gasteiger partial charge in [0, 0.05) is 31.8 Å². The minimum atomic E-state index is -5.08. The van der Waals surface area contributed by atoms with E-state index in [1.807, 2.05) is 23.1 Å². The Labute approximate surface area is 190 Å². The Morgan fingerprint density at radius 1 is 1.06 bits per heavy atom. The number of nitrogens with zero attached hydrogens (tertiary/aromatic N) is 2. The van der Waals surface area contributed by atoms with Crippen molar-refractivity contribution >= 4 is 11.9 Å². The minimum absolute atomic E-state index is 0.0318. The second kappa shape index (κ2) is 11.3. The molecule has 1 saturated heterocycles. The Balaban J connectivity index is 0.000000383. The number of carbonyl (C=O) groups is 2. The van der Waals surface area contributed by atoms with Crippen molar-refractivity contribution in [1.82, 2.24) is 9.88 Å². The minimum Gasteiger partial charge on any atom is -0.475 e. The van der Waals surface area contributed by atoms with Crippen LogP contribution < -0.4 is 0 Å². The van der Waals surface area contributed by atoms with Gasteiger partial charge in [-0.2, -0.15) is 13.2 Å². The molecule has 0 unspecified atom stereocenters. The number of ether oxygens (including phenoxy) is 1. The van der Waals surface area contributed by atoms with E-state index in [0.717, 1.165) is 38.5 Å². The lowest BCUT2D eigenvalue weighted by Gasteiger charge is -2.38. The van der Waals surface area contributed by atoms with Crippen molar-refractivity contribution in [3.05, 3.63) is 66.0 Å². The molecule has 1 saturated carbocycles. The summed E-state index contributed by atoms with van der Waals surface area (Å²) >= 11 is 0. The zero-order valence-electron chi connectivity index (χ0n) is 18.1. The van der Waals surface area contributed by atoms with Gasteiger partial charge in [0.15, 0.2) is 0 Å². The Bertz CT molecular complexity index is 905. The highest BCUT2D eigenvalue weighted by atomic mass is 19.4. The first-order valence-corrected chi connectivity index (χ1v) is 10.9. The van der Waals surface area contributed by atoms with Crippen LogP contribution in [-0.2, 0) is 16.0 Å². The van der Waals surface area contributed by atoms with Crippen molar-refractivity contribution in [2.45, 2.75) is 38.0 Å². The van der Waals surface area contributed by atoms with E-state index in [-0.39, 0.29) is 12.0 Å². The third kappa shape index (κ3) is 7.85. The molecule has 1 aliphatic carbocycles. The van der Waals surface area contributed by atoms with Crippen molar-refractivity contribution in [1.29, 1.82) is 0 Å². The lowest BCUT2D eigenvalue weighted by atomic mass is 9.88. The molecule has 0 radical (unpaired) electrons. The van der Waals surface area contributed by atoms with E-state index < -0.39 is 12.1 Å². The van der Waals surface area contributed by atoms with Crippen molar-refractivity contribution in [2.75, 3.05) is 19.7 Å². The van der Waals surface area contributed by atoms with Gasteiger partial charge in [0.2, 0.25) is 0 Å². The first-order chi connectivity index (χ1) is 15.7. The number of piperidine rings is 1. The Hall–Kier alpha value is -2.94. The van der Waals surface area contributed by atoms with E-state index in [4.69, 9.17) is 14.6 Å². The maximum absolute atomic E-state index is 12.8. The lowest BCUT2D eigenvalue weighted by Crippen LogP contribution is -2.48. The third-order valence-electron chi connectivity index (χ3n) is 5.66. The highest BCUT2D eigenvalue weighted by Gasteiger charge is 2.38. The Kier molecular flexibility index (Phi) is 8.43. The van der Waals surface area contributed by atoms with Gasteiger partial charge >= 0.3 is 12.1 Å². The number of amides is 1. The number of halogens is 3. The number of carbonyl (C=O) groups excluding carboxylic acids is 1. The number of benzene rings is 1. The molecule has 0 spiro atoms. The summed E-state index contributed by atoms with van der Waals surface area (Å²) in [6.07, 6.45) is 1.30. The third-order valence-corrected chi connectivity index (χ3v) is 5.66. The Morgan fingerprint density at radius 3 is 2.30 bits per heavy atom. The fourth-order valence-electron chi connectivity index (χ4n) is 3.72. The van der Waals surface area contributed by atoms with E-state index in [9.17, 15) is 18.0 Å². The molecule has 4 rings (SSSR count). The van der Waals surface area contributed by atoms with Gasteiger partial charge in [0.05, 0.1) is 6.10 Å². The van der Waals surface area contributed by atoms with Crippen LogP contribution in [0.3, 0.4) is 0 Å². The van der Waals surface area contributed by atoms with E-state index >= 15 is 0 Å². The van der Waals surface area contributed by atoms with Crippen LogP contribution in [0.5, 0.6) is 0 Å². The number of aliphatic carboxylic acids is 1. The molecule has 2 heterocycles. The molecule has 1 amide bonds. The van der Waals surface area contributed by atoms with E-state index in [1.165, 1.54) is 18.4 Å². The van der Waals surface area contributed by atoms with E-state index in [0.29, 0.717) is 11.6 Å². The molecule has 2 fully saturated rings. The second-order valence-corrected chi connectivity index (χ2v) is 8.32. The molecule has 0 bridgehead atoms. The molecule has 1 aliphatic heterocycles. The van der Waals surface area contributed by atoms with Gasteiger partial charge in [-0.1, -0.05) is 36.4 Å². The average Bonchev–Trinajstić information content (AvgIpc) is 3.63. The average molecular weight is 464 g/mol. The maximum Gasteiger partial charge on any atom is 0.490 e. The number of alkyl halides is 3. The van der Waals surface area contributed by atoms with Gasteiger partial charge < -0.3 is 14.7 Å². The summed E-state index contributed by atoms with van der Waals surface area (Å²) in [6, 6.07) is 16.0. The largest absolute Gasteiger partial charge is 0.490 e. The molecular formula is C24H27F3N2O4. The van der Waals surface area contributed by atoms with E-state index in [1.54, 1.807) is 12.3 Å². The molecule has 1 aromatic heterocycles. The number of likely N-dealkylation sites (tertiary alicyclic amines) is 1. The smallest absolute Gasteiger partial charge is 0.475 e. The monoisotopic (exact) mass is 464 g/mol. The summed E-state index contributed by atoms with van der Waals surface area (Å²) in [6.45, 7) is 2.36. The zero-order chi connectivity index (χ0) is 23.8. The number of aromatic nitrogens is 1. The SMILES string of the molecule is O=C(O)C(F)(F)F.O=C(c1ccccn1)N1CC[C@@H](OCC2CC2)[C@@H](Cc2ccccc2)C1. The zero-order valence-corrected chi connectivity index (χ0v) is 18.1. The molecule has 2 atom stereocenters. The number of hydrogen-bond acceptors (Lipinski definition) is 4. The van der Waals surface area contributed by atoms with Crippen LogP contribution in [0.4, 0.5) is 13.2 Å². The summed E-state index contributed by atoms with van der Waals surface area (Å²) in [5.74, 6) is -1.63. The van der Waals surface area contributed by atoms with Crippen LogP contribution in [0.2, 0.25) is 0 Å². The molecule has 33 heavy (non-hydrogen) atoms. The van der Waals surface area contributed by atoms with Crippen LogP contribution in [0.1, 0.15) is 35.3 Å². The quantitative estimate of drug-likeness (QED) is 0.693. The highest BCUT2D eigenvalue weighted by molar-refractivity contribution is 5.92. The summed E-state index contributed by atoms with van der Waals surface area (Å²) < 4.78 is 38.0. The number of hydrogen-bond donors (Lipinski definition) is 1. The van der Waals surface area contributed by atoms with Crippen LogP contribution in [0.25, 0.3) is 0 Å². The van der Waals surface area contributed by atoms with Crippen molar-refractivity contribution in [2.24, 2.45) is 11.8 Å². The van der Waals surface area contributed by atoms with Gasteiger partial charge in [0.1, 0.15) is 5.69 Å². The molecular weight excluding hydrogens is 437 g/mol. The molecule has 9 heteroatoms. The molecule has 2 aliphatic rings. The maximum atomic E-state index is 12.8. The standard InChI is InChI=1S/C22H26N2O2.C2HF3O2/c25-22(20-8-4-5-12-23-20)24-13-11-21(26-16-18-9-10-18)19(15-24)14-17-6-2-1-3-7-17;3-2(4,5)1(6)7/h1-8,12,18-19,21H,9-11,13-16H2;(H,6,7)/t19-,21+;/m0./s1. The molecule has 6 nitrogen and oxygen atoms in total. The predicted molar refractivity (Wildman–Crippen MR) is 115 cm³/mol. The normalized spacial score (nSPS) is 20.5. The topological polar surface area (TPSA) is 79.7 Å². The lowest BCUT2D eigenvalue weighted by molar-refractivity contribution is -0.192. The first kappa shape index (κ1) is 24.7. The highest BCUT2D eigenvalue weighted by Crippen LogP contribution is 2.32. The van der Waals surface area contributed by atoms with Crippen molar-refractivity contribution < 1.29 is 32.6 Å². The number of rotatable bonds is 6. The molecule has 1 N–H and O–H groups in total. The summed E-state index contributed by atoms with van der Waals surface area (Å²) in [4.78, 5) is 27.9. The summed E-state index contributed by atoms with van der Waals surface area (Å²) in [5.41, 5.74) is 1.84.